The molecule has 0 atom stereocenters. The molecule has 2 aromatic carbocycles. The smallest absolute Gasteiger partial charge is 0.223 e. The standard InChI is InChI=1S/C19H15FN4O2S/c1-24-11-17(21-12-24)22-19-16-5-3-2-4-13(16)10-18(23-19)27(25,26)15-8-6-14(20)7-9-15/h2-12H,1H3,(H,22,23)/i1D3. The molecule has 27 heavy (non-hydrogen) atoms. The SMILES string of the molecule is [2H]C([2H])([2H])n1cnc(Nc2nc(S(=O)(=O)c3ccc(F)cc3)cc3ccccc23)c1. The zero-order valence-corrected chi connectivity index (χ0v) is 14.6. The van der Waals surface area contributed by atoms with Gasteiger partial charge in [-0.2, -0.15) is 0 Å². The molecule has 0 aliphatic carbocycles. The minimum absolute atomic E-state index is 0.0932. The molecule has 2 aromatic heterocycles. The Labute approximate surface area is 159 Å². The summed E-state index contributed by atoms with van der Waals surface area (Å²) in [6.07, 6.45) is 2.43. The van der Waals surface area contributed by atoms with Crippen LogP contribution in [0.1, 0.15) is 4.11 Å². The van der Waals surface area contributed by atoms with Gasteiger partial charge in [-0.15, -0.1) is 0 Å². The van der Waals surface area contributed by atoms with Crippen LogP contribution in [-0.2, 0) is 16.8 Å². The molecule has 136 valence electrons. The molecule has 4 rings (SSSR count). The van der Waals surface area contributed by atoms with Crippen molar-refractivity contribution >= 4 is 32.2 Å². The Morgan fingerprint density at radius 2 is 1.93 bits per heavy atom. The first-order valence-corrected chi connectivity index (χ1v) is 9.35. The number of rotatable bonds is 4. The lowest BCUT2D eigenvalue weighted by molar-refractivity contribution is 0.591. The fourth-order valence-corrected chi connectivity index (χ4v) is 3.88. The second-order valence-electron chi connectivity index (χ2n) is 5.78. The lowest BCUT2D eigenvalue weighted by atomic mass is 10.1. The number of imidazole rings is 1. The highest BCUT2D eigenvalue weighted by Gasteiger charge is 2.21. The summed E-state index contributed by atoms with van der Waals surface area (Å²) < 4.78 is 62.5. The van der Waals surface area contributed by atoms with E-state index < -0.39 is 22.6 Å². The number of nitrogens with zero attached hydrogens (tertiary/aromatic N) is 3. The lowest BCUT2D eigenvalue weighted by Crippen LogP contribution is -2.07. The molecule has 0 unspecified atom stereocenters. The third-order valence-corrected chi connectivity index (χ3v) is 5.60. The van der Waals surface area contributed by atoms with Gasteiger partial charge >= 0.3 is 0 Å². The van der Waals surface area contributed by atoms with Gasteiger partial charge in [0.1, 0.15) is 17.5 Å². The quantitative estimate of drug-likeness (QED) is 0.542. The second kappa shape index (κ2) is 6.48. The van der Waals surface area contributed by atoms with E-state index in [2.05, 4.69) is 15.3 Å². The van der Waals surface area contributed by atoms with E-state index in [1.807, 2.05) is 0 Å². The van der Waals surface area contributed by atoms with Crippen LogP contribution in [0.5, 0.6) is 0 Å². The van der Waals surface area contributed by atoms with Crippen LogP contribution in [0.25, 0.3) is 10.8 Å². The number of sulfone groups is 1. The van der Waals surface area contributed by atoms with Crippen LogP contribution in [0.3, 0.4) is 0 Å². The summed E-state index contributed by atoms with van der Waals surface area (Å²) in [7, 11) is -4.01. The van der Waals surface area contributed by atoms with Gasteiger partial charge < -0.3 is 9.88 Å². The first-order valence-electron chi connectivity index (χ1n) is 9.36. The Hall–Kier alpha value is -3.26. The number of fused-ring (bicyclic) bond motifs is 1. The number of anilines is 2. The van der Waals surface area contributed by atoms with E-state index in [0.717, 1.165) is 23.0 Å². The molecule has 0 bridgehead atoms. The van der Waals surface area contributed by atoms with Crippen LogP contribution in [0.4, 0.5) is 16.0 Å². The number of aryl methyl sites for hydroxylation is 1. The molecule has 0 radical (unpaired) electrons. The Morgan fingerprint density at radius 1 is 1.15 bits per heavy atom. The van der Waals surface area contributed by atoms with Gasteiger partial charge in [0.2, 0.25) is 9.84 Å². The molecule has 0 aliphatic heterocycles. The number of hydrogen-bond donors (Lipinski definition) is 1. The Balaban J connectivity index is 1.82. The zero-order valence-electron chi connectivity index (χ0n) is 16.8. The highest BCUT2D eigenvalue weighted by atomic mass is 32.2. The van der Waals surface area contributed by atoms with Crippen molar-refractivity contribution in [1.82, 2.24) is 14.5 Å². The summed E-state index contributed by atoms with van der Waals surface area (Å²) in [5.74, 6) is -0.155. The van der Waals surface area contributed by atoms with Crippen molar-refractivity contribution in [3.8, 4) is 0 Å². The number of pyridine rings is 1. The molecular formula is C19H15FN4O2S. The lowest BCUT2D eigenvalue weighted by Gasteiger charge is -2.11. The monoisotopic (exact) mass is 385 g/mol. The number of benzene rings is 2. The van der Waals surface area contributed by atoms with E-state index in [1.54, 1.807) is 24.3 Å². The van der Waals surface area contributed by atoms with Crippen LogP contribution >= 0.6 is 0 Å². The molecule has 0 saturated carbocycles. The molecule has 0 spiro atoms. The highest BCUT2D eigenvalue weighted by Crippen LogP contribution is 2.29. The van der Waals surface area contributed by atoms with E-state index in [0.29, 0.717) is 10.8 Å². The third-order valence-electron chi connectivity index (χ3n) is 3.95. The summed E-state index contributed by atoms with van der Waals surface area (Å²) in [5.41, 5.74) is 0. The molecule has 1 N–H and O–H groups in total. The Kier molecular flexibility index (Phi) is 3.33. The van der Waals surface area contributed by atoms with Crippen molar-refractivity contribution in [1.29, 1.82) is 0 Å². The average molecular weight is 385 g/mol. The number of nitrogens with one attached hydrogen (secondary N) is 1. The van der Waals surface area contributed by atoms with Crippen LogP contribution in [0, 0.1) is 5.82 Å². The van der Waals surface area contributed by atoms with Gasteiger partial charge in [0.25, 0.3) is 0 Å². The molecule has 0 aliphatic rings. The van der Waals surface area contributed by atoms with Crippen molar-refractivity contribution in [3.63, 3.8) is 0 Å². The first kappa shape index (κ1) is 13.9. The predicted octanol–water partition coefficient (Wildman–Crippen LogP) is 3.68. The summed E-state index contributed by atoms with van der Waals surface area (Å²) in [6.45, 7) is -2.39. The number of halogens is 1. The maximum atomic E-state index is 13.2. The van der Waals surface area contributed by atoms with E-state index in [4.69, 9.17) is 4.11 Å². The van der Waals surface area contributed by atoms with Crippen molar-refractivity contribution < 1.29 is 16.9 Å². The summed E-state index contributed by atoms with van der Waals surface area (Å²) in [4.78, 5) is 8.17. The van der Waals surface area contributed by atoms with E-state index in [1.165, 1.54) is 24.4 Å². The van der Waals surface area contributed by atoms with E-state index in [9.17, 15) is 12.8 Å². The van der Waals surface area contributed by atoms with Crippen molar-refractivity contribution in [2.75, 3.05) is 5.32 Å². The third kappa shape index (κ3) is 3.26. The van der Waals surface area contributed by atoms with Crippen LogP contribution in [-0.4, -0.2) is 23.0 Å². The first-order chi connectivity index (χ1) is 14.1. The summed E-state index contributed by atoms with van der Waals surface area (Å²) in [5, 5.41) is 3.89. The molecule has 0 amide bonds. The minimum Gasteiger partial charge on any atom is -0.338 e. The molecule has 0 fully saturated rings. The molecule has 4 aromatic rings. The average Bonchev–Trinajstić information content (AvgIpc) is 3.17. The zero-order chi connectivity index (χ0) is 21.5. The molecular weight excluding hydrogens is 367 g/mol. The van der Waals surface area contributed by atoms with Gasteiger partial charge in [-0.3, -0.25) is 0 Å². The van der Waals surface area contributed by atoms with Gasteiger partial charge in [-0.25, -0.2) is 22.8 Å². The predicted molar refractivity (Wildman–Crippen MR) is 100 cm³/mol. The van der Waals surface area contributed by atoms with Gasteiger partial charge in [-0.05, 0) is 35.7 Å². The minimum atomic E-state index is -4.01. The highest BCUT2D eigenvalue weighted by molar-refractivity contribution is 7.91. The van der Waals surface area contributed by atoms with Gasteiger partial charge in [0.05, 0.1) is 11.2 Å². The van der Waals surface area contributed by atoms with Gasteiger partial charge in [-0.1, -0.05) is 24.3 Å². The van der Waals surface area contributed by atoms with Gasteiger partial charge in [0, 0.05) is 22.7 Å². The van der Waals surface area contributed by atoms with Crippen molar-refractivity contribution in [2.24, 2.45) is 6.98 Å². The van der Waals surface area contributed by atoms with Crippen LogP contribution in [0.2, 0.25) is 0 Å². The molecule has 6 nitrogen and oxygen atoms in total. The second-order valence-corrected chi connectivity index (χ2v) is 7.68. The fourth-order valence-electron chi connectivity index (χ4n) is 2.65. The molecule has 8 heteroatoms. The Bertz CT molecular complexity index is 1340. The van der Waals surface area contributed by atoms with Crippen LogP contribution < -0.4 is 5.32 Å². The Morgan fingerprint density at radius 3 is 2.67 bits per heavy atom. The van der Waals surface area contributed by atoms with E-state index in [-0.39, 0.29) is 21.6 Å². The maximum absolute atomic E-state index is 13.2. The number of aromatic nitrogens is 3. The maximum Gasteiger partial charge on any atom is 0.223 e. The largest absolute Gasteiger partial charge is 0.338 e. The normalized spacial score (nSPS) is 13.7. The van der Waals surface area contributed by atoms with Crippen molar-refractivity contribution in [2.45, 2.75) is 9.92 Å². The van der Waals surface area contributed by atoms with Crippen molar-refractivity contribution in [3.05, 3.63) is 72.9 Å². The fraction of sp³-hybridized carbons (Fsp3) is 0.0526. The topological polar surface area (TPSA) is 76.9 Å². The van der Waals surface area contributed by atoms with Gasteiger partial charge in [0.15, 0.2) is 5.03 Å². The van der Waals surface area contributed by atoms with Crippen LogP contribution in [0.15, 0.2) is 77.0 Å². The number of hydrogen-bond acceptors (Lipinski definition) is 5. The molecule has 0 saturated heterocycles. The molecule has 2 heterocycles. The van der Waals surface area contributed by atoms with E-state index >= 15 is 0 Å². The summed E-state index contributed by atoms with van der Waals surface area (Å²) in [6, 6.07) is 12.9. The summed E-state index contributed by atoms with van der Waals surface area (Å²) >= 11 is 0.